The second-order valence-electron chi connectivity index (χ2n) is 6.08. The number of hydrogen-bond acceptors (Lipinski definition) is 8. The van der Waals surface area contributed by atoms with Crippen LogP contribution in [0.5, 0.6) is 0 Å². The van der Waals surface area contributed by atoms with Gasteiger partial charge in [0.05, 0.1) is 34.8 Å². The van der Waals surface area contributed by atoms with Gasteiger partial charge in [-0.2, -0.15) is 5.10 Å². The van der Waals surface area contributed by atoms with Crippen molar-refractivity contribution in [3.63, 3.8) is 0 Å². The summed E-state index contributed by atoms with van der Waals surface area (Å²) >= 11 is 1.52. The number of thiazole rings is 1. The Morgan fingerprint density at radius 3 is 3.00 bits per heavy atom. The number of aromatic amines is 1. The zero-order valence-corrected chi connectivity index (χ0v) is 15.2. The molecule has 0 fully saturated rings. The van der Waals surface area contributed by atoms with Crippen LogP contribution in [-0.2, 0) is 11.3 Å². The van der Waals surface area contributed by atoms with Gasteiger partial charge in [0.2, 0.25) is 5.95 Å². The molecule has 0 bridgehead atoms. The van der Waals surface area contributed by atoms with Gasteiger partial charge < -0.3 is 10.1 Å². The summed E-state index contributed by atoms with van der Waals surface area (Å²) in [7, 11) is 0. The SMILES string of the molecule is Cc1ccnc(Nc2nc3c(s2)COC(c2ccccn2)c2[nH]ncc2-3)n1. The summed E-state index contributed by atoms with van der Waals surface area (Å²) in [5, 5.41) is 11.2. The number of ether oxygens (including phenoxy) is 1. The van der Waals surface area contributed by atoms with Gasteiger partial charge in [-0.3, -0.25) is 10.1 Å². The van der Waals surface area contributed by atoms with E-state index in [1.165, 1.54) is 11.3 Å². The monoisotopic (exact) mass is 377 g/mol. The lowest BCUT2D eigenvalue weighted by molar-refractivity contribution is 0.0653. The Bertz CT molecular complexity index is 1090. The lowest BCUT2D eigenvalue weighted by Crippen LogP contribution is -2.07. The molecule has 4 aromatic rings. The molecule has 5 heterocycles. The van der Waals surface area contributed by atoms with Crippen molar-refractivity contribution in [3.8, 4) is 11.3 Å². The summed E-state index contributed by atoms with van der Waals surface area (Å²) in [6.07, 6.45) is 4.96. The molecule has 1 unspecified atom stereocenters. The van der Waals surface area contributed by atoms with E-state index >= 15 is 0 Å². The predicted octanol–water partition coefficient (Wildman–Crippen LogP) is 3.39. The summed E-state index contributed by atoms with van der Waals surface area (Å²) < 4.78 is 6.16. The lowest BCUT2D eigenvalue weighted by atomic mass is 10.1. The van der Waals surface area contributed by atoms with Crippen LogP contribution in [0, 0.1) is 6.92 Å². The molecule has 27 heavy (non-hydrogen) atoms. The maximum Gasteiger partial charge on any atom is 0.229 e. The first kappa shape index (κ1) is 16.0. The number of nitrogens with zero attached hydrogens (tertiary/aromatic N) is 5. The average Bonchev–Trinajstić information content (AvgIpc) is 3.27. The van der Waals surface area contributed by atoms with E-state index < -0.39 is 0 Å². The van der Waals surface area contributed by atoms with Crippen LogP contribution in [0.3, 0.4) is 0 Å². The molecule has 9 heteroatoms. The predicted molar refractivity (Wildman–Crippen MR) is 101 cm³/mol. The fourth-order valence-corrected chi connectivity index (χ4v) is 3.90. The molecule has 0 radical (unpaired) electrons. The van der Waals surface area contributed by atoms with Crippen molar-refractivity contribution < 1.29 is 4.74 Å². The van der Waals surface area contributed by atoms with E-state index in [2.05, 4.69) is 30.5 Å². The Hall–Kier alpha value is -3.17. The molecular weight excluding hydrogens is 362 g/mol. The van der Waals surface area contributed by atoms with Crippen molar-refractivity contribution in [2.24, 2.45) is 0 Å². The Balaban J connectivity index is 1.51. The molecule has 134 valence electrons. The highest BCUT2D eigenvalue weighted by atomic mass is 32.1. The number of fused-ring (bicyclic) bond motifs is 3. The van der Waals surface area contributed by atoms with Crippen molar-refractivity contribution in [2.75, 3.05) is 5.32 Å². The normalized spacial score (nSPS) is 15.7. The smallest absolute Gasteiger partial charge is 0.229 e. The van der Waals surface area contributed by atoms with Crippen LogP contribution < -0.4 is 5.32 Å². The Labute approximate surface area is 158 Å². The van der Waals surface area contributed by atoms with E-state index in [1.54, 1.807) is 18.6 Å². The van der Waals surface area contributed by atoms with Gasteiger partial charge in [-0.05, 0) is 25.1 Å². The maximum atomic E-state index is 6.16. The molecule has 5 rings (SSSR count). The van der Waals surface area contributed by atoms with Crippen molar-refractivity contribution in [2.45, 2.75) is 19.6 Å². The van der Waals surface area contributed by atoms with E-state index in [4.69, 9.17) is 9.72 Å². The Morgan fingerprint density at radius 2 is 2.15 bits per heavy atom. The molecule has 8 nitrogen and oxygen atoms in total. The zero-order valence-electron chi connectivity index (χ0n) is 14.4. The van der Waals surface area contributed by atoms with E-state index in [1.807, 2.05) is 31.2 Å². The molecule has 0 saturated carbocycles. The fourth-order valence-electron chi connectivity index (χ4n) is 3.01. The molecule has 0 aromatic carbocycles. The first-order valence-electron chi connectivity index (χ1n) is 8.40. The number of aromatic nitrogens is 6. The van der Waals surface area contributed by atoms with Crippen molar-refractivity contribution in [1.29, 1.82) is 0 Å². The highest BCUT2D eigenvalue weighted by molar-refractivity contribution is 7.16. The van der Waals surface area contributed by atoms with Gasteiger partial charge >= 0.3 is 0 Å². The van der Waals surface area contributed by atoms with E-state index in [-0.39, 0.29) is 6.10 Å². The molecule has 1 atom stereocenters. The average molecular weight is 377 g/mol. The first-order valence-corrected chi connectivity index (χ1v) is 9.22. The minimum absolute atomic E-state index is 0.304. The van der Waals surface area contributed by atoms with Gasteiger partial charge in [-0.15, -0.1) is 0 Å². The minimum atomic E-state index is -0.304. The standard InChI is InChI=1S/C18H15N7OS/c1-10-5-7-20-17(22-10)24-18-23-14-11-8-21-25-15(11)16(26-9-13(14)27-18)12-4-2-3-6-19-12/h2-8,16H,9H2,1H3,(H,21,25)(H,20,22,23,24). The van der Waals surface area contributed by atoms with Crippen LogP contribution in [0.1, 0.15) is 28.1 Å². The number of aryl methyl sites for hydroxylation is 1. The fraction of sp³-hybridized carbons (Fsp3) is 0.167. The molecule has 0 amide bonds. The number of nitrogens with one attached hydrogen (secondary N) is 2. The number of pyridine rings is 1. The maximum absolute atomic E-state index is 6.16. The second-order valence-corrected chi connectivity index (χ2v) is 7.16. The summed E-state index contributed by atoms with van der Waals surface area (Å²) in [5.74, 6) is 0.526. The number of anilines is 2. The number of rotatable bonds is 3. The second kappa shape index (κ2) is 6.53. The third-order valence-corrected chi connectivity index (χ3v) is 5.18. The van der Waals surface area contributed by atoms with Crippen LogP contribution in [0.4, 0.5) is 11.1 Å². The quantitative estimate of drug-likeness (QED) is 0.564. The molecule has 0 saturated heterocycles. The third-order valence-electron chi connectivity index (χ3n) is 4.23. The van der Waals surface area contributed by atoms with E-state index in [0.29, 0.717) is 12.6 Å². The highest BCUT2D eigenvalue weighted by Crippen LogP contribution is 2.41. The molecule has 1 aliphatic rings. The molecule has 1 aliphatic heterocycles. The van der Waals surface area contributed by atoms with Crippen LogP contribution in [0.2, 0.25) is 0 Å². The summed E-state index contributed by atoms with van der Waals surface area (Å²) in [6.45, 7) is 2.36. The highest BCUT2D eigenvalue weighted by Gasteiger charge is 2.29. The van der Waals surface area contributed by atoms with Crippen LogP contribution >= 0.6 is 11.3 Å². The number of hydrogen-bond donors (Lipinski definition) is 2. The van der Waals surface area contributed by atoms with Gasteiger partial charge in [0, 0.05) is 23.7 Å². The molecule has 0 spiro atoms. The van der Waals surface area contributed by atoms with Crippen LogP contribution in [0.15, 0.2) is 42.9 Å². The molecule has 0 aliphatic carbocycles. The zero-order chi connectivity index (χ0) is 18.2. The largest absolute Gasteiger partial charge is 0.360 e. The Morgan fingerprint density at radius 1 is 1.19 bits per heavy atom. The topological polar surface area (TPSA) is 102 Å². The van der Waals surface area contributed by atoms with Crippen molar-refractivity contribution in [1.82, 2.24) is 30.1 Å². The summed E-state index contributed by atoms with van der Waals surface area (Å²) in [6, 6.07) is 7.64. The molecule has 4 aromatic heterocycles. The molecular formula is C18H15N7OS. The minimum Gasteiger partial charge on any atom is -0.360 e. The number of H-pyrrole nitrogens is 1. The van der Waals surface area contributed by atoms with Gasteiger partial charge in [-0.1, -0.05) is 17.4 Å². The van der Waals surface area contributed by atoms with Crippen molar-refractivity contribution >= 4 is 22.4 Å². The molecule has 2 N–H and O–H groups in total. The van der Waals surface area contributed by atoms with E-state index in [0.717, 1.165) is 38.3 Å². The lowest BCUT2D eigenvalue weighted by Gasteiger charge is -2.14. The third kappa shape index (κ3) is 2.96. The van der Waals surface area contributed by atoms with Crippen LogP contribution in [0.25, 0.3) is 11.3 Å². The summed E-state index contributed by atoms with van der Waals surface area (Å²) in [5.41, 5.74) is 4.37. The summed E-state index contributed by atoms with van der Waals surface area (Å²) in [4.78, 5) is 18.8. The van der Waals surface area contributed by atoms with Crippen LogP contribution in [-0.4, -0.2) is 30.1 Å². The van der Waals surface area contributed by atoms with Crippen molar-refractivity contribution in [3.05, 3.63) is 64.8 Å². The van der Waals surface area contributed by atoms with Gasteiger partial charge in [0.25, 0.3) is 0 Å². The van der Waals surface area contributed by atoms with Gasteiger partial charge in [-0.25, -0.2) is 15.0 Å². The Kier molecular flexibility index (Phi) is 3.88. The van der Waals surface area contributed by atoms with Gasteiger partial charge in [0.1, 0.15) is 6.10 Å². The first-order chi connectivity index (χ1) is 13.3. The van der Waals surface area contributed by atoms with E-state index in [9.17, 15) is 0 Å². The van der Waals surface area contributed by atoms with Gasteiger partial charge in [0.15, 0.2) is 5.13 Å².